The van der Waals surface area contributed by atoms with Gasteiger partial charge in [0.15, 0.2) is 6.10 Å². The first-order chi connectivity index (χ1) is 8.66. The zero-order valence-corrected chi connectivity index (χ0v) is 11.2. The molecule has 1 heterocycles. The third-order valence-corrected chi connectivity index (χ3v) is 3.35. The second-order valence-corrected chi connectivity index (χ2v) is 4.96. The van der Waals surface area contributed by atoms with Crippen LogP contribution in [-0.2, 0) is 4.79 Å². The molecule has 1 aliphatic heterocycles. The van der Waals surface area contributed by atoms with Crippen LogP contribution >= 0.6 is 0 Å². The maximum atomic E-state index is 12.2. The number of ether oxygens (including phenoxy) is 1. The van der Waals surface area contributed by atoms with E-state index in [-0.39, 0.29) is 5.91 Å². The van der Waals surface area contributed by atoms with Crippen LogP contribution in [0.3, 0.4) is 0 Å². The maximum absolute atomic E-state index is 12.2. The molecule has 0 aliphatic carbocycles. The van der Waals surface area contributed by atoms with E-state index in [4.69, 9.17) is 4.74 Å². The Labute approximate surface area is 109 Å². The zero-order valence-electron chi connectivity index (χ0n) is 11.2. The lowest BCUT2D eigenvalue weighted by Crippen LogP contribution is -2.43. The summed E-state index contributed by atoms with van der Waals surface area (Å²) in [6.07, 6.45) is 3.06. The Morgan fingerprint density at radius 2 is 1.78 bits per heavy atom. The summed E-state index contributed by atoms with van der Waals surface area (Å²) in [5.74, 6) is 0.869. The van der Waals surface area contributed by atoms with E-state index in [0.717, 1.165) is 31.7 Å². The number of likely N-dealkylation sites (tertiary alicyclic amines) is 1. The van der Waals surface area contributed by atoms with Crippen LogP contribution in [0.4, 0.5) is 0 Å². The standard InChI is InChI=1S/C15H21NO2/c1-12-6-8-14(9-7-12)18-13(2)15(17)16-10-4-3-5-11-16/h6-9,13H,3-5,10-11H2,1-2H3. The Morgan fingerprint density at radius 1 is 1.17 bits per heavy atom. The third kappa shape index (κ3) is 3.25. The molecule has 3 nitrogen and oxygen atoms in total. The molecular formula is C15H21NO2. The summed E-state index contributed by atoms with van der Waals surface area (Å²) >= 11 is 0. The van der Waals surface area contributed by atoms with Crippen LogP contribution in [0.2, 0.25) is 0 Å². The zero-order chi connectivity index (χ0) is 13.0. The highest BCUT2D eigenvalue weighted by molar-refractivity contribution is 5.81. The number of rotatable bonds is 3. The molecule has 0 aromatic heterocycles. The van der Waals surface area contributed by atoms with Gasteiger partial charge in [-0.05, 0) is 45.2 Å². The topological polar surface area (TPSA) is 29.5 Å². The molecule has 1 fully saturated rings. The molecule has 1 unspecified atom stereocenters. The fourth-order valence-corrected chi connectivity index (χ4v) is 2.24. The monoisotopic (exact) mass is 247 g/mol. The number of hydrogen-bond donors (Lipinski definition) is 0. The van der Waals surface area contributed by atoms with Gasteiger partial charge in [0.1, 0.15) is 5.75 Å². The van der Waals surface area contributed by atoms with Crippen molar-refractivity contribution in [2.45, 2.75) is 39.2 Å². The first-order valence-electron chi connectivity index (χ1n) is 6.69. The molecule has 1 aliphatic rings. The van der Waals surface area contributed by atoms with Crippen molar-refractivity contribution >= 4 is 5.91 Å². The maximum Gasteiger partial charge on any atom is 0.263 e. The molecule has 0 spiro atoms. The van der Waals surface area contributed by atoms with Crippen molar-refractivity contribution in [1.29, 1.82) is 0 Å². The number of aryl methyl sites for hydroxylation is 1. The van der Waals surface area contributed by atoms with E-state index in [1.54, 1.807) is 0 Å². The van der Waals surface area contributed by atoms with Gasteiger partial charge in [0, 0.05) is 13.1 Å². The Hall–Kier alpha value is -1.51. The van der Waals surface area contributed by atoms with Crippen LogP contribution in [0.15, 0.2) is 24.3 Å². The van der Waals surface area contributed by atoms with Crippen molar-refractivity contribution in [2.75, 3.05) is 13.1 Å². The van der Waals surface area contributed by atoms with Gasteiger partial charge in [-0.25, -0.2) is 0 Å². The van der Waals surface area contributed by atoms with Crippen molar-refractivity contribution in [3.05, 3.63) is 29.8 Å². The summed E-state index contributed by atoms with van der Waals surface area (Å²) in [5, 5.41) is 0. The molecule has 0 bridgehead atoms. The van der Waals surface area contributed by atoms with Gasteiger partial charge in [0.2, 0.25) is 0 Å². The van der Waals surface area contributed by atoms with Gasteiger partial charge in [-0.15, -0.1) is 0 Å². The molecule has 1 aromatic rings. The minimum atomic E-state index is -0.397. The Balaban J connectivity index is 1.92. The highest BCUT2D eigenvalue weighted by atomic mass is 16.5. The van der Waals surface area contributed by atoms with Crippen LogP contribution in [0.1, 0.15) is 31.7 Å². The Morgan fingerprint density at radius 3 is 2.39 bits per heavy atom. The predicted octanol–water partition coefficient (Wildman–Crippen LogP) is 2.77. The quantitative estimate of drug-likeness (QED) is 0.822. The highest BCUT2D eigenvalue weighted by Crippen LogP contribution is 2.16. The second kappa shape index (κ2) is 5.89. The second-order valence-electron chi connectivity index (χ2n) is 4.96. The molecule has 98 valence electrons. The first kappa shape index (κ1) is 12.9. The highest BCUT2D eigenvalue weighted by Gasteiger charge is 2.23. The number of nitrogens with zero attached hydrogens (tertiary/aromatic N) is 1. The lowest BCUT2D eigenvalue weighted by Gasteiger charge is -2.29. The van der Waals surface area contributed by atoms with E-state index in [1.165, 1.54) is 12.0 Å². The molecule has 0 radical (unpaired) electrons. The van der Waals surface area contributed by atoms with E-state index in [9.17, 15) is 4.79 Å². The summed E-state index contributed by atoms with van der Waals surface area (Å²) in [4.78, 5) is 14.1. The molecule has 0 saturated carbocycles. The smallest absolute Gasteiger partial charge is 0.263 e. The van der Waals surface area contributed by atoms with Crippen LogP contribution in [0.5, 0.6) is 5.75 Å². The van der Waals surface area contributed by atoms with Crippen LogP contribution in [0, 0.1) is 6.92 Å². The van der Waals surface area contributed by atoms with Gasteiger partial charge in [0.05, 0.1) is 0 Å². The van der Waals surface area contributed by atoms with Crippen molar-refractivity contribution < 1.29 is 9.53 Å². The van der Waals surface area contributed by atoms with Crippen LogP contribution in [-0.4, -0.2) is 30.0 Å². The summed E-state index contributed by atoms with van der Waals surface area (Å²) in [7, 11) is 0. The fourth-order valence-electron chi connectivity index (χ4n) is 2.24. The molecular weight excluding hydrogens is 226 g/mol. The minimum Gasteiger partial charge on any atom is -0.481 e. The molecule has 1 aromatic carbocycles. The van der Waals surface area contributed by atoms with E-state index < -0.39 is 6.10 Å². The van der Waals surface area contributed by atoms with E-state index in [1.807, 2.05) is 43.0 Å². The van der Waals surface area contributed by atoms with E-state index in [2.05, 4.69) is 0 Å². The molecule has 1 saturated heterocycles. The largest absolute Gasteiger partial charge is 0.481 e. The molecule has 1 atom stereocenters. The van der Waals surface area contributed by atoms with Crippen molar-refractivity contribution in [3.63, 3.8) is 0 Å². The molecule has 3 heteroatoms. The van der Waals surface area contributed by atoms with Crippen LogP contribution in [0.25, 0.3) is 0 Å². The third-order valence-electron chi connectivity index (χ3n) is 3.35. The fraction of sp³-hybridized carbons (Fsp3) is 0.533. The number of carbonyl (C=O) groups excluding carboxylic acids is 1. The van der Waals surface area contributed by atoms with Gasteiger partial charge in [0.25, 0.3) is 5.91 Å². The average Bonchev–Trinajstić information content (AvgIpc) is 2.41. The first-order valence-corrected chi connectivity index (χ1v) is 6.69. The number of benzene rings is 1. The van der Waals surface area contributed by atoms with E-state index >= 15 is 0 Å². The van der Waals surface area contributed by atoms with Gasteiger partial charge in [-0.3, -0.25) is 4.79 Å². The number of piperidine rings is 1. The number of hydrogen-bond acceptors (Lipinski definition) is 2. The summed E-state index contributed by atoms with van der Waals surface area (Å²) < 4.78 is 5.69. The SMILES string of the molecule is Cc1ccc(OC(C)C(=O)N2CCCCC2)cc1. The lowest BCUT2D eigenvalue weighted by molar-refractivity contribution is -0.138. The van der Waals surface area contributed by atoms with Crippen LogP contribution < -0.4 is 4.74 Å². The molecule has 18 heavy (non-hydrogen) atoms. The predicted molar refractivity (Wildman–Crippen MR) is 71.7 cm³/mol. The molecule has 1 amide bonds. The van der Waals surface area contributed by atoms with Crippen molar-refractivity contribution in [1.82, 2.24) is 4.90 Å². The van der Waals surface area contributed by atoms with Crippen molar-refractivity contribution in [3.8, 4) is 5.75 Å². The van der Waals surface area contributed by atoms with Gasteiger partial charge < -0.3 is 9.64 Å². The molecule has 2 rings (SSSR count). The summed E-state index contributed by atoms with van der Waals surface area (Å²) in [6, 6.07) is 7.81. The minimum absolute atomic E-state index is 0.107. The van der Waals surface area contributed by atoms with Crippen molar-refractivity contribution in [2.24, 2.45) is 0 Å². The average molecular weight is 247 g/mol. The number of carbonyl (C=O) groups is 1. The van der Waals surface area contributed by atoms with Gasteiger partial charge in [-0.1, -0.05) is 17.7 Å². The van der Waals surface area contributed by atoms with Gasteiger partial charge in [-0.2, -0.15) is 0 Å². The Bertz CT molecular complexity index is 393. The lowest BCUT2D eigenvalue weighted by atomic mass is 10.1. The summed E-state index contributed by atoms with van der Waals surface area (Å²) in [5.41, 5.74) is 1.19. The summed E-state index contributed by atoms with van der Waals surface area (Å²) in [6.45, 7) is 5.61. The Kier molecular flexibility index (Phi) is 4.24. The normalized spacial score (nSPS) is 17.3. The van der Waals surface area contributed by atoms with Gasteiger partial charge >= 0.3 is 0 Å². The molecule has 0 N–H and O–H groups in total. The number of amides is 1. The van der Waals surface area contributed by atoms with E-state index in [0.29, 0.717) is 0 Å².